The van der Waals surface area contributed by atoms with E-state index in [1.165, 1.54) is 6.07 Å². The first-order valence-corrected chi connectivity index (χ1v) is 8.93. The second-order valence-corrected chi connectivity index (χ2v) is 7.17. The summed E-state index contributed by atoms with van der Waals surface area (Å²) in [5.74, 6) is 0.659. The topological polar surface area (TPSA) is 55.4 Å². The van der Waals surface area contributed by atoms with Crippen LogP contribution in [0.4, 0.5) is 5.69 Å². The summed E-state index contributed by atoms with van der Waals surface area (Å²) < 4.78 is 32.2. The average Bonchev–Trinajstić information content (AvgIpc) is 2.30. The molecule has 8 heteroatoms. The van der Waals surface area contributed by atoms with Crippen LogP contribution in [-0.4, -0.2) is 26.7 Å². The van der Waals surface area contributed by atoms with E-state index in [9.17, 15) is 8.42 Å². The first-order chi connectivity index (χ1) is 8.89. The van der Waals surface area contributed by atoms with E-state index in [2.05, 4.69) is 20.7 Å². The second kappa shape index (κ2) is 7.57. The van der Waals surface area contributed by atoms with E-state index in [1.807, 2.05) is 6.92 Å². The van der Waals surface area contributed by atoms with Gasteiger partial charge in [0.25, 0.3) is 0 Å². The molecular weight excluding hydrogens is 377 g/mol. The van der Waals surface area contributed by atoms with Crippen molar-refractivity contribution in [1.82, 2.24) is 0 Å². The van der Waals surface area contributed by atoms with Crippen molar-refractivity contribution in [2.24, 2.45) is 0 Å². The number of rotatable bonds is 7. The zero-order chi connectivity index (χ0) is 14.5. The highest BCUT2D eigenvalue weighted by Gasteiger charge is 2.16. The zero-order valence-electron chi connectivity index (χ0n) is 10.3. The molecule has 108 valence electrons. The largest absolute Gasteiger partial charge is 0.490 e. The van der Waals surface area contributed by atoms with Crippen molar-refractivity contribution in [2.45, 2.75) is 13.3 Å². The molecule has 1 aromatic carbocycles. The predicted octanol–water partition coefficient (Wildman–Crippen LogP) is 3.87. The Hall–Kier alpha value is -0.170. The van der Waals surface area contributed by atoms with Crippen LogP contribution in [0.25, 0.3) is 0 Å². The molecule has 0 atom stereocenters. The molecule has 1 N–H and O–H groups in total. The molecule has 0 aliphatic rings. The van der Waals surface area contributed by atoms with Gasteiger partial charge in [0.2, 0.25) is 10.0 Å². The molecule has 19 heavy (non-hydrogen) atoms. The van der Waals surface area contributed by atoms with Crippen LogP contribution in [0.15, 0.2) is 16.6 Å². The van der Waals surface area contributed by atoms with Gasteiger partial charge in [-0.1, -0.05) is 11.6 Å². The van der Waals surface area contributed by atoms with Gasteiger partial charge in [-0.3, -0.25) is 4.72 Å². The number of hydrogen-bond donors (Lipinski definition) is 1. The molecule has 1 rings (SSSR count). The summed E-state index contributed by atoms with van der Waals surface area (Å²) >= 11 is 14.7. The lowest BCUT2D eigenvalue weighted by Crippen LogP contribution is -2.17. The van der Waals surface area contributed by atoms with Crippen molar-refractivity contribution in [3.05, 3.63) is 21.6 Å². The fourth-order valence-electron chi connectivity index (χ4n) is 1.39. The van der Waals surface area contributed by atoms with Crippen molar-refractivity contribution in [2.75, 3.05) is 23.0 Å². The van der Waals surface area contributed by atoms with Gasteiger partial charge in [0.1, 0.15) is 0 Å². The van der Waals surface area contributed by atoms with Crippen LogP contribution in [0.1, 0.15) is 13.3 Å². The SMILES string of the molecule is CCOc1c(Br)cc(Cl)cc1NS(=O)(=O)CCCCl. The molecular formula is C11H14BrCl2NO3S. The summed E-state index contributed by atoms with van der Waals surface area (Å²) in [5.41, 5.74) is 0.316. The van der Waals surface area contributed by atoms with E-state index in [4.69, 9.17) is 27.9 Å². The van der Waals surface area contributed by atoms with Crippen LogP contribution in [0.3, 0.4) is 0 Å². The molecule has 0 heterocycles. The fraction of sp³-hybridized carbons (Fsp3) is 0.455. The third-order valence-corrected chi connectivity index (χ3v) is 4.54. The Morgan fingerprint density at radius 1 is 1.42 bits per heavy atom. The van der Waals surface area contributed by atoms with Crippen LogP contribution >= 0.6 is 39.1 Å². The molecule has 0 saturated carbocycles. The van der Waals surface area contributed by atoms with Crippen LogP contribution in [0.5, 0.6) is 5.75 Å². The molecule has 0 aromatic heterocycles. The van der Waals surface area contributed by atoms with Crippen LogP contribution in [0, 0.1) is 0 Å². The van der Waals surface area contributed by atoms with E-state index in [-0.39, 0.29) is 5.75 Å². The summed E-state index contributed by atoms with van der Waals surface area (Å²) in [7, 11) is -3.47. The summed E-state index contributed by atoms with van der Waals surface area (Å²) in [4.78, 5) is 0. The summed E-state index contributed by atoms with van der Waals surface area (Å²) in [6, 6.07) is 3.15. The molecule has 0 aliphatic carbocycles. The number of alkyl halides is 1. The lowest BCUT2D eigenvalue weighted by atomic mass is 10.3. The Labute approximate surface area is 131 Å². The van der Waals surface area contributed by atoms with Crippen LogP contribution < -0.4 is 9.46 Å². The minimum Gasteiger partial charge on any atom is -0.490 e. The molecule has 0 fully saturated rings. The summed E-state index contributed by atoms with van der Waals surface area (Å²) in [6.07, 6.45) is 0.378. The molecule has 0 amide bonds. The molecule has 0 bridgehead atoms. The maximum absolute atomic E-state index is 11.9. The van der Waals surface area contributed by atoms with Gasteiger partial charge < -0.3 is 4.74 Å². The van der Waals surface area contributed by atoms with E-state index in [1.54, 1.807) is 6.07 Å². The third-order valence-electron chi connectivity index (χ3n) is 2.11. The van der Waals surface area contributed by atoms with Gasteiger partial charge in [-0.05, 0) is 41.4 Å². The number of sulfonamides is 1. The molecule has 0 unspecified atom stereocenters. The Morgan fingerprint density at radius 2 is 2.11 bits per heavy atom. The highest BCUT2D eigenvalue weighted by Crippen LogP contribution is 2.37. The molecule has 4 nitrogen and oxygen atoms in total. The highest BCUT2D eigenvalue weighted by molar-refractivity contribution is 9.10. The molecule has 0 saturated heterocycles. The van der Waals surface area contributed by atoms with Gasteiger partial charge in [0.15, 0.2) is 5.75 Å². The first-order valence-electron chi connectivity index (χ1n) is 5.58. The third kappa shape index (κ3) is 5.38. The molecule has 0 radical (unpaired) electrons. The monoisotopic (exact) mass is 389 g/mol. The first kappa shape index (κ1) is 16.9. The number of nitrogens with one attached hydrogen (secondary N) is 1. The van der Waals surface area contributed by atoms with E-state index < -0.39 is 10.0 Å². The zero-order valence-corrected chi connectivity index (χ0v) is 14.2. The van der Waals surface area contributed by atoms with E-state index in [0.29, 0.717) is 39.8 Å². The van der Waals surface area contributed by atoms with Crippen molar-refractivity contribution < 1.29 is 13.2 Å². The standard InChI is InChI=1S/C11H14BrCl2NO3S/c1-2-18-11-9(12)6-8(14)7-10(11)15-19(16,17)5-3-4-13/h6-7,15H,2-5H2,1H3. The van der Waals surface area contributed by atoms with Crippen molar-refractivity contribution in [3.8, 4) is 5.75 Å². The number of hydrogen-bond acceptors (Lipinski definition) is 3. The van der Waals surface area contributed by atoms with Gasteiger partial charge in [-0.15, -0.1) is 11.6 Å². The Balaban J connectivity index is 3.05. The Bertz CT molecular complexity index is 537. The van der Waals surface area contributed by atoms with E-state index >= 15 is 0 Å². The van der Waals surface area contributed by atoms with Crippen molar-refractivity contribution in [1.29, 1.82) is 0 Å². The average molecular weight is 391 g/mol. The van der Waals surface area contributed by atoms with E-state index in [0.717, 1.165) is 0 Å². The second-order valence-electron chi connectivity index (χ2n) is 3.66. The Morgan fingerprint density at radius 3 is 2.68 bits per heavy atom. The summed E-state index contributed by atoms with van der Waals surface area (Å²) in [5, 5.41) is 0.408. The number of anilines is 1. The minimum atomic E-state index is -3.47. The lowest BCUT2D eigenvalue weighted by Gasteiger charge is -2.14. The molecule has 0 aliphatic heterocycles. The molecule has 0 spiro atoms. The lowest BCUT2D eigenvalue weighted by molar-refractivity contribution is 0.340. The molecule has 1 aromatic rings. The predicted molar refractivity (Wildman–Crippen MR) is 83.1 cm³/mol. The van der Waals surface area contributed by atoms with Crippen LogP contribution in [-0.2, 0) is 10.0 Å². The van der Waals surface area contributed by atoms with Crippen molar-refractivity contribution >= 4 is 54.8 Å². The quantitative estimate of drug-likeness (QED) is 0.719. The van der Waals surface area contributed by atoms with Gasteiger partial charge in [-0.2, -0.15) is 0 Å². The van der Waals surface area contributed by atoms with Gasteiger partial charge in [0.05, 0.1) is 22.5 Å². The van der Waals surface area contributed by atoms with Gasteiger partial charge in [0, 0.05) is 10.9 Å². The summed E-state index contributed by atoms with van der Waals surface area (Å²) in [6.45, 7) is 2.23. The number of benzene rings is 1. The maximum atomic E-state index is 11.9. The minimum absolute atomic E-state index is 0.0494. The van der Waals surface area contributed by atoms with Crippen molar-refractivity contribution in [3.63, 3.8) is 0 Å². The smallest absolute Gasteiger partial charge is 0.232 e. The van der Waals surface area contributed by atoms with Gasteiger partial charge in [-0.25, -0.2) is 8.42 Å². The number of halogens is 3. The van der Waals surface area contributed by atoms with Gasteiger partial charge >= 0.3 is 0 Å². The maximum Gasteiger partial charge on any atom is 0.232 e. The fourth-order valence-corrected chi connectivity index (χ4v) is 3.72. The highest BCUT2D eigenvalue weighted by atomic mass is 79.9. The normalized spacial score (nSPS) is 11.4. The Kier molecular flexibility index (Phi) is 6.73. The van der Waals surface area contributed by atoms with Crippen LogP contribution in [0.2, 0.25) is 5.02 Å². The number of ether oxygens (including phenoxy) is 1.